The van der Waals surface area contributed by atoms with Crippen LogP contribution in [0.3, 0.4) is 0 Å². The van der Waals surface area contributed by atoms with Crippen molar-refractivity contribution in [1.82, 2.24) is 49.8 Å². The quantitative estimate of drug-likeness (QED) is 0.0935. The number of carbonyl (C=O) groups is 5. The Balaban J connectivity index is 1.04. The summed E-state index contributed by atoms with van der Waals surface area (Å²) < 4.78 is 18.8. The van der Waals surface area contributed by atoms with Crippen LogP contribution in [-0.4, -0.2) is 123 Å². The van der Waals surface area contributed by atoms with Gasteiger partial charge in [0.25, 0.3) is 5.91 Å². The fourth-order valence-electron chi connectivity index (χ4n) is 10.0. The molecule has 18 nitrogen and oxygen atoms in total. The zero-order valence-electron chi connectivity index (χ0n) is 40.7. The number of aromatic nitrogens is 5. The summed E-state index contributed by atoms with van der Waals surface area (Å²) >= 11 is 0. The summed E-state index contributed by atoms with van der Waals surface area (Å²) in [5.74, 6) is 1.19. The highest BCUT2D eigenvalue weighted by molar-refractivity contribution is 5.95. The predicted molar refractivity (Wildman–Crippen MR) is 261 cm³/mol. The molecule has 366 valence electrons. The molecule has 70 heavy (non-hydrogen) atoms. The number of imidazole rings is 2. The van der Waals surface area contributed by atoms with Crippen LogP contribution < -0.4 is 15.4 Å². The lowest BCUT2D eigenvalue weighted by Gasteiger charge is -2.31. The minimum atomic E-state index is -0.745. The number of amides is 5. The van der Waals surface area contributed by atoms with E-state index in [1.54, 1.807) is 47.3 Å². The van der Waals surface area contributed by atoms with Gasteiger partial charge in [0.1, 0.15) is 29.5 Å². The monoisotopic (exact) mass is 952 g/mol. The molecule has 0 radical (unpaired) electrons. The number of aromatic amines is 2. The Morgan fingerprint density at radius 2 is 1.29 bits per heavy atom. The molecule has 4 N–H and O–H groups in total. The SMILES string of the molecule is COC(=O)N[C@H](C(=O)N1CCC[C@H]1c1ncc(-c2ccc3c(c2)OC(c2cccc(C(=O)N(C)C)c2)n2c-3cc3cc(-c4cnc([C@@H]5CCCN5C(=O)[C@@H](NC(=O)OC)C(C)C)[nH]4)ccc32)[nH]1)C(C)C. The topological polar surface area (TPSA) is 209 Å². The molecular weight excluding hydrogens is 893 g/mol. The molecule has 2 saturated heterocycles. The molecule has 1 unspecified atom stereocenters. The standard InChI is InChI=1S/C52H60N10O8/c1-28(2)43(57-51(66)68-7)48(64)60-20-10-14-39(60)45-53-26-36(55-45)30-17-19-38-34(22-30)24-41-35-18-16-31(25-42(35)70-50(62(38)41)33-13-9-12-32(23-33)47(63)59(5)6)37-27-54-46(56-37)40-15-11-21-61(40)49(65)44(29(3)4)58-52(67)69-8/h9,12-13,16-19,22-29,39-40,43-44,50H,10-11,14-15,20-21H2,1-8H3,(H,53,55)(H,54,56)(H,57,66)(H,58,67)/t39-,40-,43-,44-,50?/m0/s1. The number of methoxy groups -OCH3 is 2. The van der Waals surface area contributed by atoms with E-state index < -0.39 is 30.5 Å². The molecule has 6 aromatic rings. The van der Waals surface area contributed by atoms with Gasteiger partial charge in [-0.2, -0.15) is 0 Å². The second-order valence-electron chi connectivity index (χ2n) is 19.1. The van der Waals surface area contributed by atoms with E-state index in [1.807, 2.05) is 70.2 Å². The molecule has 0 spiro atoms. The van der Waals surface area contributed by atoms with Crippen LogP contribution in [0.2, 0.25) is 0 Å². The first-order chi connectivity index (χ1) is 33.6. The molecule has 0 bridgehead atoms. The Labute approximate surface area is 406 Å². The van der Waals surface area contributed by atoms with E-state index >= 15 is 0 Å². The van der Waals surface area contributed by atoms with Gasteiger partial charge in [-0.3, -0.25) is 14.4 Å². The van der Waals surface area contributed by atoms with Gasteiger partial charge >= 0.3 is 12.2 Å². The summed E-state index contributed by atoms with van der Waals surface area (Å²) in [6.07, 6.45) is 4.67. The second kappa shape index (κ2) is 19.4. The number of benzene rings is 3. The zero-order chi connectivity index (χ0) is 49.5. The highest BCUT2D eigenvalue weighted by atomic mass is 16.5. The molecule has 5 atom stereocenters. The van der Waals surface area contributed by atoms with Gasteiger partial charge in [-0.15, -0.1) is 0 Å². The molecule has 3 aliphatic heterocycles. The van der Waals surface area contributed by atoms with Gasteiger partial charge in [-0.05, 0) is 80.0 Å². The lowest BCUT2D eigenvalue weighted by atomic mass is 10.0. The van der Waals surface area contributed by atoms with Crippen LogP contribution in [0.15, 0.2) is 79.1 Å². The van der Waals surface area contributed by atoms with E-state index in [4.69, 9.17) is 24.2 Å². The summed E-state index contributed by atoms with van der Waals surface area (Å²) in [4.78, 5) is 86.9. The Morgan fingerprint density at radius 1 is 0.729 bits per heavy atom. The maximum absolute atomic E-state index is 13.9. The maximum atomic E-state index is 13.9. The molecule has 2 fully saturated rings. The van der Waals surface area contributed by atoms with E-state index in [-0.39, 0.29) is 41.6 Å². The van der Waals surface area contributed by atoms with Crippen molar-refractivity contribution in [1.29, 1.82) is 0 Å². The first kappa shape index (κ1) is 47.4. The third-order valence-electron chi connectivity index (χ3n) is 13.7. The van der Waals surface area contributed by atoms with Crippen LogP contribution in [-0.2, 0) is 19.1 Å². The number of carbonyl (C=O) groups excluding carboxylic acids is 5. The summed E-state index contributed by atoms with van der Waals surface area (Å²) in [6, 6.07) is 19.9. The average molecular weight is 953 g/mol. The molecule has 5 amide bonds. The van der Waals surface area contributed by atoms with Gasteiger partial charge in [-0.1, -0.05) is 52.0 Å². The molecule has 0 saturated carbocycles. The molecule has 3 aromatic carbocycles. The Morgan fingerprint density at radius 3 is 1.83 bits per heavy atom. The van der Waals surface area contributed by atoms with Crippen LogP contribution in [0, 0.1) is 11.8 Å². The number of likely N-dealkylation sites (tertiary alicyclic amines) is 2. The summed E-state index contributed by atoms with van der Waals surface area (Å²) in [6.45, 7) is 8.65. The summed E-state index contributed by atoms with van der Waals surface area (Å²) in [5.41, 5.74) is 7.32. The Hall–Kier alpha value is -7.63. The molecular formula is C52H60N10O8. The lowest BCUT2D eigenvalue weighted by molar-refractivity contribution is -0.136. The fraction of sp³-hybridized carbons (Fsp3) is 0.404. The van der Waals surface area contributed by atoms with Gasteiger partial charge in [0.2, 0.25) is 18.0 Å². The second-order valence-corrected chi connectivity index (χ2v) is 19.1. The minimum absolute atomic E-state index is 0.124. The van der Waals surface area contributed by atoms with Crippen molar-refractivity contribution >= 4 is 40.8 Å². The summed E-state index contributed by atoms with van der Waals surface area (Å²) in [5, 5.41) is 6.38. The minimum Gasteiger partial charge on any atom is -0.465 e. The van der Waals surface area contributed by atoms with Gasteiger partial charge < -0.3 is 54.1 Å². The molecule has 3 aliphatic rings. The number of nitrogens with zero attached hydrogens (tertiary/aromatic N) is 6. The number of ether oxygens (including phenoxy) is 3. The third kappa shape index (κ3) is 8.93. The smallest absolute Gasteiger partial charge is 0.407 e. The Kier molecular flexibility index (Phi) is 13.1. The van der Waals surface area contributed by atoms with Crippen LogP contribution in [0.25, 0.3) is 44.7 Å². The van der Waals surface area contributed by atoms with Gasteiger partial charge in [-0.25, -0.2) is 19.6 Å². The van der Waals surface area contributed by atoms with Gasteiger partial charge in [0.05, 0.1) is 61.3 Å². The maximum Gasteiger partial charge on any atom is 0.407 e. The third-order valence-corrected chi connectivity index (χ3v) is 13.7. The number of hydrogen-bond donors (Lipinski definition) is 4. The molecule has 0 aliphatic carbocycles. The molecule has 6 heterocycles. The highest BCUT2D eigenvalue weighted by Gasteiger charge is 2.39. The van der Waals surface area contributed by atoms with E-state index in [0.29, 0.717) is 36.1 Å². The van der Waals surface area contributed by atoms with Crippen LogP contribution in [0.1, 0.15) is 99.3 Å². The predicted octanol–water partition coefficient (Wildman–Crippen LogP) is 7.82. The van der Waals surface area contributed by atoms with Crippen molar-refractivity contribution in [3.8, 4) is 39.5 Å². The molecule has 18 heteroatoms. The zero-order valence-corrected chi connectivity index (χ0v) is 40.7. The number of alkyl carbamates (subject to hydrolysis) is 2. The molecule has 9 rings (SSSR count). The van der Waals surface area contributed by atoms with E-state index in [1.165, 1.54) is 14.2 Å². The van der Waals surface area contributed by atoms with Crippen LogP contribution in [0.4, 0.5) is 9.59 Å². The summed E-state index contributed by atoms with van der Waals surface area (Å²) in [7, 11) is 6.02. The van der Waals surface area contributed by atoms with E-state index in [2.05, 4.69) is 43.4 Å². The van der Waals surface area contributed by atoms with E-state index in [0.717, 1.165) is 75.9 Å². The van der Waals surface area contributed by atoms with E-state index in [9.17, 15) is 24.0 Å². The van der Waals surface area contributed by atoms with Crippen LogP contribution >= 0.6 is 0 Å². The number of nitrogens with one attached hydrogen (secondary N) is 4. The van der Waals surface area contributed by atoms with Crippen molar-refractivity contribution in [2.75, 3.05) is 41.4 Å². The van der Waals surface area contributed by atoms with Crippen molar-refractivity contribution in [2.45, 2.75) is 83.8 Å². The largest absolute Gasteiger partial charge is 0.465 e. The lowest BCUT2D eigenvalue weighted by Crippen LogP contribution is -2.51. The molecule has 3 aromatic heterocycles. The average Bonchev–Trinajstić information content (AvgIpc) is 4.23. The number of rotatable bonds is 12. The van der Waals surface area contributed by atoms with Crippen molar-refractivity contribution in [3.05, 3.63) is 102 Å². The van der Waals surface area contributed by atoms with Crippen molar-refractivity contribution in [3.63, 3.8) is 0 Å². The Bertz CT molecular complexity index is 2970. The normalized spacial score (nSPS) is 18.3. The van der Waals surface area contributed by atoms with Crippen molar-refractivity contribution in [2.24, 2.45) is 11.8 Å². The first-order valence-corrected chi connectivity index (χ1v) is 23.8. The van der Waals surface area contributed by atoms with Gasteiger partial charge in [0, 0.05) is 60.4 Å². The number of H-pyrrole nitrogens is 2. The fourth-order valence-corrected chi connectivity index (χ4v) is 10.0. The number of fused-ring (bicyclic) bond motifs is 5. The highest BCUT2D eigenvalue weighted by Crippen LogP contribution is 2.46. The van der Waals surface area contributed by atoms with Crippen molar-refractivity contribution < 1.29 is 38.2 Å². The van der Waals surface area contributed by atoms with Gasteiger partial charge in [0.15, 0.2) is 0 Å². The first-order valence-electron chi connectivity index (χ1n) is 23.8. The van der Waals surface area contributed by atoms with Crippen LogP contribution in [0.5, 0.6) is 5.75 Å². The number of hydrogen-bond acceptors (Lipinski definition) is 10.